The summed E-state index contributed by atoms with van der Waals surface area (Å²) in [6, 6.07) is 12.0. The van der Waals surface area contributed by atoms with Gasteiger partial charge >= 0.3 is 5.97 Å². The van der Waals surface area contributed by atoms with Crippen molar-refractivity contribution in [2.45, 2.75) is 12.5 Å². The zero-order valence-corrected chi connectivity index (χ0v) is 13.8. The Labute approximate surface area is 140 Å². The molecule has 0 saturated carbocycles. The maximum Gasteiger partial charge on any atom is 0.345 e. The van der Waals surface area contributed by atoms with E-state index < -0.39 is 12.1 Å². The molecule has 6 nitrogen and oxygen atoms in total. The van der Waals surface area contributed by atoms with Crippen molar-refractivity contribution >= 4 is 5.97 Å². The van der Waals surface area contributed by atoms with Crippen molar-refractivity contribution in [1.82, 2.24) is 0 Å². The lowest BCUT2D eigenvalue weighted by atomic mass is 10.1. The summed E-state index contributed by atoms with van der Waals surface area (Å²) in [7, 11) is 4.62. The average Bonchev–Trinajstić information content (AvgIpc) is 2.61. The van der Waals surface area contributed by atoms with Crippen molar-refractivity contribution in [2.24, 2.45) is 0 Å². The van der Waals surface area contributed by atoms with Gasteiger partial charge in [0.1, 0.15) is 23.0 Å². The van der Waals surface area contributed by atoms with E-state index in [1.165, 1.54) is 14.2 Å². The van der Waals surface area contributed by atoms with Crippen molar-refractivity contribution in [2.75, 3.05) is 21.3 Å². The summed E-state index contributed by atoms with van der Waals surface area (Å²) in [6.45, 7) is 0. The Balaban J connectivity index is 2.21. The first-order chi connectivity index (χ1) is 11.6. The molecule has 0 saturated heterocycles. The smallest absolute Gasteiger partial charge is 0.345 e. The standard InChI is InChI=1S/C18H20O6/c1-21-13-5-4-6-15(10-13)24-17(18(19)20)9-12-7-8-14(22-2)11-16(12)23-3/h4-8,10-11,17H,9H2,1-3H3,(H,19,20). The molecule has 0 aromatic heterocycles. The van der Waals surface area contributed by atoms with Gasteiger partial charge in [0.15, 0.2) is 6.10 Å². The molecule has 0 radical (unpaired) electrons. The van der Waals surface area contributed by atoms with Crippen molar-refractivity contribution in [1.29, 1.82) is 0 Å². The highest BCUT2D eigenvalue weighted by atomic mass is 16.5. The molecule has 24 heavy (non-hydrogen) atoms. The molecule has 0 amide bonds. The van der Waals surface area contributed by atoms with E-state index >= 15 is 0 Å². The van der Waals surface area contributed by atoms with E-state index in [2.05, 4.69) is 0 Å². The molecule has 0 aliphatic carbocycles. The molecule has 0 aliphatic heterocycles. The molecule has 1 N–H and O–H groups in total. The highest BCUT2D eigenvalue weighted by Gasteiger charge is 2.22. The van der Waals surface area contributed by atoms with Crippen LogP contribution in [0.15, 0.2) is 42.5 Å². The van der Waals surface area contributed by atoms with Gasteiger partial charge in [-0.1, -0.05) is 12.1 Å². The predicted molar refractivity (Wildman–Crippen MR) is 88.3 cm³/mol. The van der Waals surface area contributed by atoms with Gasteiger partial charge in [-0.2, -0.15) is 0 Å². The quantitative estimate of drug-likeness (QED) is 0.801. The zero-order valence-electron chi connectivity index (χ0n) is 13.8. The summed E-state index contributed by atoms with van der Waals surface area (Å²) in [5, 5.41) is 9.46. The maximum atomic E-state index is 11.6. The maximum absolute atomic E-state index is 11.6. The van der Waals surface area contributed by atoms with Crippen LogP contribution in [0.2, 0.25) is 0 Å². The highest BCUT2D eigenvalue weighted by molar-refractivity contribution is 5.73. The van der Waals surface area contributed by atoms with Gasteiger partial charge in [-0.25, -0.2) is 4.79 Å². The first kappa shape index (κ1) is 17.5. The Morgan fingerprint density at radius 2 is 1.62 bits per heavy atom. The summed E-state index contributed by atoms with van der Waals surface area (Å²) >= 11 is 0. The van der Waals surface area contributed by atoms with Crippen LogP contribution in [0.1, 0.15) is 5.56 Å². The Bertz CT molecular complexity index is 698. The fraction of sp³-hybridized carbons (Fsp3) is 0.278. The number of carbonyl (C=O) groups is 1. The minimum atomic E-state index is -1.06. The first-order valence-electron chi connectivity index (χ1n) is 7.31. The second kappa shape index (κ2) is 8.10. The normalized spacial score (nSPS) is 11.5. The molecule has 2 aromatic rings. The Morgan fingerprint density at radius 3 is 2.25 bits per heavy atom. The lowest BCUT2D eigenvalue weighted by molar-refractivity contribution is -0.145. The van der Waals surface area contributed by atoms with E-state index in [4.69, 9.17) is 18.9 Å². The molecule has 1 atom stereocenters. The number of aliphatic carboxylic acids is 1. The number of methoxy groups -OCH3 is 3. The third-order valence-corrected chi connectivity index (χ3v) is 3.49. The van der Waals surface area contributed by atoms with Gasteiger partial charge in [0.05, 0.1) is 21.3 Å². The molecule has 0 aliphatic rings. The van der Waals surface area contributed by atoms with Gasteiger partial charge in [0.25, 0.3) is 0 Å². The SMILES string of the molecule is COc1cccc(OC(Cc2ccc(OC)cc2OC)C(=O)O)c1. The van der Waals surface area contributed by atoms with Crippen molar-refractivity contribution in [3.05, 3.63) is 48.0 Å². The molecule has 0 heterocycles. The Kier molecular flexibility index (Phi) is 5.89. The average molecular weight is 332 g/mol. The van der Waals surface area contributed by atoms with Crippen LogP contribution in [0.3, 0.4) is 0 Å². The summed E-state index contributed by atoms with van der Waals surface area (Å²) in [4.78, 5) is 11.6. The first-order valence-corrected chi connectivity index (χ1v) is 7.31. The fourth-order valence-corrected chi connectivity index (χ4v) is 2.24. The molecule has 0 bridgehead atoms. The number of rotatable bonds is 8. The topological polar surface area (TPSA) is 74.2 Å². The van der Waals surface area contributed by atoms with Crippen molar-refractivity contribution in [3.63, 3.8) is 0 Å². The van der Waals surface area contributed by atoms with Crippen LogP contribution in [-0.4, -0.2) is 38.5 Å². The molecule has 0 fully saturated rings. The molecular weight excluding hydrogens is 312 g/mol. The predicted octanol–water partition coefficient (Wildman–Crippen LogP) is 2.79. The van der Waals surface area contributed by atoms with Crippen LogP contribution in [0, 0.1) is 0 Å². The number of ether oxygens (including phenoxy) is 4. The van der Waals surface area contributed by atoms with E-state index in [0.717, 1.165) is 0 Å². The van der Waals surface area contributed by atoms with E-state index in [-0.39, 0.29) is 6.42 Å². The third kappa shape index (κ3) is 4.32. The van der Waals surface area contributed by atoms with Crippen LogP contribution >= 0.6 is 0 Å². The number of carboxylic acids is 1. The lowest BCUT2D eigenvalue weighted by Gasteiger charge is -2.17. The minimum Gasteiger partial charge on any atom is -0.497 e. The summed E-state index contributed by atoms with van der Waals surface area (Å²) in [5.41, 5.74) is 0.716. The largest absolute Gasteiger partial charge is 0.497 e. The zero-order chi connectivity index (χ0) is 17.5. The number of hydrogen-bond donors (Lipinski definition) is 1. The Hall–Kier alpha value is -2.89. The van der Waals surface area contributed by atoms with Gasteiger partial charge in [-0.05, 0) is 23.8 Å². The molecule has 2 rings (SSSR count). The number of benzene rings is 2. The third-order valence-electron chi connectivity index (χ3n) is 3.49. The van der Waals surface area contributed by atoms with E-state index in [0.29, 0.717) is 28.6 Å². The second-order valence-corrected chi connectivity index (χ2v) is 5.01. The Morgan fingerprint density at radius 1 is 0.958 bits per heavy atom. The van der Waals surface area contributed by atoms with Crippen molar-refractivity contribution in [3.8, 4) is 23.0 Å². The van der Waals surface area contributed by atoms with Crippen LogP contribution in [0.25, 0.3) is 0 Å². The molecule has 2 aromatic carbocycles. The highest BCUT2D eigenvalue weighted by Crippen LogP contribution is 2.27. The summed E-state index contributed by atoms with van der Waals surface area (Å²) in [5.74, 6) is 1.15. The molecule has 0 spiro atoms. The van der Waals surface area contributed by atoms with Gasteiger partial charge in [0.2, 0.25) is 0 Å². The summed E-state index contributed by atoms with van der Waals surface area (Å²) in [6.07, 6.45) is -0.904. The van der Waals surface area contributed by atoms with Gasteiger partial charge < -0.3 is 24.1 Å². The fourth-order valence-electron chi connectivity index (χ4n) is 2.24. The molecule has 6 heteroatoms. The van der Waals surface area contributed by atoms with Crippen LogP contribution in [-0.2, 0) is 11.2 Å². The van der Waals surface area contributed by atoms with Crippen LogP contribution < -0.4 is 18.9 Å². The van der Waals surface area contributed by atoms with E-state index in [9.17, 15) is 9.90 Å². The van der Waals surface area contributed by atoms with Crippen molar-refractivity contribution < 1.29 is 28.8 Å². The van der Waals surface area contributed by atoms with Crippen LogP contribution in [0.4, 0.5) is 0 Å². The van der Waals surface area contributed by atoms with Gasteiger partial charge in [-0.15, -0.1) is 0 Å². The second-order valence-electron chi connectivity index (χ2n) is 5.01. The monoisotopic (exact) mass is 332 g/mol. The molecule has 128 valence electrons. The molecular formula is C18H20O6. The minimum absolute atomic E-state index is 0.152. The van der Waals surface area contributed by atoms with E-state index in [1.54, 1.807) is 49.6 Å². The van der Waals surface area contributed by atoms with E-state index in [1.807, 2.05) is 0 Å². The van der Waals surface area contributed by atoms with Gasteiger partial charge in [-0.3, -0.25) is 0 Å². The van der Waals surface area contributed by atoms with Gasteiger partial charge in [0, 0.05) is 18.6 Å². The molecule has 1 unspecified atom stereocenters. The number of carboxylic acid groups (broad SMARTS) is 1. The van der Waals surface area contributed by atoms with Crippen LogP contribution in [0.5, 0.6) is 23.0 Å². The number of hydrogen-bond acceptors (Lipinski definition) is 5. The lowest BCUT2D eigenvalue weighted by Crippen LogP contribution is -2.29. The summed E-state index contributed by atoms with van der Waals surface area (Å²) < 4.78 is 21.2.